The van der Waals surface area contributed by atoms with E-state index in [9.17, 15) is 0 Å². The first-order valence-electron chi connectivity index (χ1n) is 6.42. The summed E-state index contributed by atoms with van der Waals surface area (Å²) in [6.45, 7) is 5.81. The summed E-state index contributed by atoms with van der Waals surface area (Å²) in [5.74, 6) is -0.394. The van der Waals surface area contributed by atoms with E-state index >= 15 is 0 Å². The molecular weight excluding hydrogens is 206 g/mol. The van der Waals surface area contributed by atoms with Gasteiger partial charge in [0.25, 0.3) is 0 Å². The second-order valence-corrected chi connectivity index (χ2v) is 4.25. The van der Waals surface area contributed by atoms with Crippen molar-refractivity contribution < 1.29 is 14.6 Å². The van der Waals surface area contributed by atoms with Crippen molar-refractivity contribution in [2.24, 2.45) is 0 Å². The summed E-state index contributed by atoms with van der Waals surface area (Å²) in [4.78, 5) is 0. The van der Waals surface area contributed by atoms with Crippen LogP contribution in [0.4, 0.5) is 0 Å². The Morgan fingerprint density at radius 1 is 1.12 bits per heavy atom. The van der Waals surface area contributed by atoms with E-state index in [1.54, 1.807) is 0 Å². The third kappa shape index (κ3) is 4.78. The number of unbranched alkanes of at least 4 members (excludes halogenated alkanes) is 1. The van der Waals surface area contributed by atoms with Gasteiger partial charge in [0.15, 0.2) is 5.79 Å². The quantitative estimate of drug-likeness (QED) is 0.587. The molecule has 1 heterocycles. The van der Waals surface area contributed by atoms with Crippen molar-refractivity contribution in [1.82, 2.24) is 5.32 Å². The highest BCUT2D eigenvalue weighted by Crippen LogP contribution is 2.30. The van der Waals surface area contributed by atoms with Crippen LogP contribution in [0.15, 0.2) is 0 Å². The number of aliphatic hydroxyl groups excluding tert-OH is 1. The average molecular weight is 231 g/mol. The molecule has 1 fully saturated rings. The van der Waals surface area contributed by atoms with Gasteiger partial charge < -0.3 is 19.9 Å². The molecule has 4 nitrogen and oxygen atoms in total. The lowest BCUT2D eigenvalue weighted by atomic mass is 10.0. The Labute approximate surface area is 98.3 Å². The summed E-state index contributed by atoms with van der Waals surface area (Å²) >= 11 is 0. The summed E-state index contributed by atoms with van der Waals surface area (Å²) in [5.41, 5.74) is 0. The minimum atomic E-state index is -0.394. The molecule has 0 atom stereocenters. The monoisotopic (exact) mass is 231 g/mol. The van der Waals surface area contributed by atoms with E-state index in [1.165, 1.54) is 0 Å². The summed E-state index contributed by atoms with van der Waals surface area (Å²) < 4.78 is 11.4. The molecule has 0 aromatic heterocycles. The van der Waals surface area contributed by atoms with Gasteiger partial charge in [-0.25, -0.2) is 0 Å². The van der Waals surface area contributed by atoms with Gasteiger partial charge in [-0.3, -0.25) is 0 Å². The van der Waals surface area contributed by atoms with Gasteiger partial charge in [-0.1, -0.05) is 6.92 Å². The lowest BCUT2D eigenvalue weighted by Gasteiger charge is -2.27. The van der Waals surface area contributed by atoms with E-state index in [0.717, 1.165) is 45.2 Å². The normalized spacial score (nSPS) is 19.1. The minimum absolute atomic E-state index is 0.214. The largest absolute Gasteiger partial charge is 0.396 e. The molecule has 1 aliphatic heterocycles. The van der Waals surface area contributed by atoms with Gasteiger partial charge in [0, 0.05) is 19.4 Å². The van der Waals surface area contributed by atoms with Crippen LogP contribution in [0.2, 0.25) is 0 Å². The predicted molar refractivity (Wildman–Crippen MR) is 63.3 cm³/mol. The summed E-state index contributed by atoms with van der Waals surface area (Å²) in [5, 5.41) is 12.2. The Morgan fingerprint density at radius 3 is 2.44 bits per heavy atom. The van der Waals surface area contributed by atoms with Crippen molar-refractivity contribution in [3.8, 4) is 0 Å². The third-order valence-electron chi connectivity index (χ3n) is 2.94. The highest BCUT2D eigenvalue weighted by molar-refractivity contribution is 4.74. The minimum Gasteiger partial charge on any atom is -0.396 e. The predicted octanol–water partition coefficient (Wildman–Crippen LogP) is 1.28. The molecule has 96 valence electrons. The average Bonchev–Trinajstić information content (AvgIpc) is 2.76. The van der Waals surface area contributed by atoms with Crippen molar-refractivity contribution in [3.63, 3.8) is 0 Å². The van der Waals surface area contributed by atoms with Crippen LogP contribution < -0.4 is 5.32 Å². The molecule has 0 aliphatic carbocycles. The second-order valence-electron chi connectivity index (χ2n) is 4.25. The van der Waals surface area contributed by atoms with Crippen molar-refractivity contribution in [2.45, 2.75) is 44.8 Å². The van der Waals surface area contributed by atoms with Crippen molar-refractivity contribution in [2.75, 3.05) is 32.9 Å². The number of hydrogen-bond donors (Lipinski definition) is 2. The van der Waals surface area contributed by atoms with Crippen LogP contribution >= 0.6 is 0 Å². The standard InChI is InChI=1S/C12H25NO3/c1-2-13-8-4-3-6-12(7-5-9-14)15-10-11-16-12/h13-14H,2-11H2,1H3. The summed E-state index contributed by atoms with van der Waals surface area (Å²) in [7, 11) is 0. The Morgan fingerprint density at radius 2 is 1.81 bits per heavy atom. The maximum atomic E-state index is 8.86. The molecule has 0 amide bonds. The Kier molecular flexibility index (Phi) is 6.96. The molecule has 1 saturated heterocycles. The number of nitrogens with one attached hydrogen (secondary N) is 1. The van der Waals surface area contributed by atoms with Crippen LogP contribution in [0.25, 0.3) is 0 Å². The third-order valence-corrected chi connectivity index (χ3v) is 2.94. The number of hydrogen-bond acceptors (Lipinski definition) is 4. The van der Waals surface area contributed by atoms with E-state index in [-0.39, 0.29) is 6.61 Å². The van der Waals surface area contributed by atoms with Gasteiger partial charge >= 0.3 is 0 Å². The van der Waals surface area contributed by atoms with Crippen LogP contribution in [0, 0.1) is 0 Å². The molecule has 2 N–H and O–H groups in total. The van der Waals surface area contributed by atoms with Crippen molar-refractivity contribution in [1.29, 1.82) is 0 Å². The number of rotatable bonds is 9. The smallest absolute Gasteiger partial charge is 0.168 e. The maximum absolute atomic E-state index is 8.86. The fourth-order valence-electron chi connectivity index (χ4n) is 2.08. The highest BCUT2D eigenvalue weighted by atomic mass is 16.7. The molecule has 0 saturated carbocycles. The zero-order valence-electron chi connectivity index (χ0n) is 10.3. The van der Waals surface area contributed by atoms with Gasteiger partial charge in [0.1, 0.15) is 0 Å². The van der Waals surface area contributed by atoms with Gasteiger partial charge in [0.2, 0.25) is 0 Å². The molecule has 1 rings (SSSR count). The first-order valence-corrected chi connectivity index (χ1v) is 6.42. The molecule has 16 heavy (non-hydrogen) atoms. The summed E-state index contributed by atoms with van der Waals surface area (Å²) in [6.07, 6.45) is 4.77. The van der Waals surface area contributed by atoms with Gasteiger partial charge in [-0.2, -0.15) is 0 Å². The molecule has 0 radical (unpaired) electrons. The number of aliphatic hydroxyl groups is 1. The summed E-state index contributed by atoms with van der Waals surface area (Å²) in [6, 6.07) is 0. The van der Waals surface area contributed by atoms with E-state index in [1.807, 2.05) is 0 Å². The zero-order valence-corrected chi connectivity index (χ0v) is 10.3. The maximum Gasteiger partial charge on any atom is 0.168 e. The Balaban J connectivity index is 2.17. The van der Waals surface area contributed by atoms with Crippen molar-refractivity contribution in [3.05, 3.63) is 0 Å². The van der Waals surface area contributed by atoms with E-state index < -0.39 is 5.79 Å². The van der Waals surface area contributed by atoms with Crippen LogP contribution in [0.3, 0.4) is 0 Å². The number of ether oxygens (including phenoxy) is 2. The van der Waals surface area contributed by atoms with E-state index in [0.29, 0.717) is 13.2 Å². The van der Waals surface area contributed by atoms with Gasteiger partial charge in [-0.15, -0.1) is 0 Å². The van der Waals surface area contributed by atoms with E-state index in [2.05, 4.69) is 12.2 Å². The highest BCUT2D eigenvalue weighted by Gasteiger charge is 2.34. The first kappa shape index (κ1) is 13.9. The van der Waals surface area contributed by atoms with Crippen LogP contribution in [-0.2, 0) is 9.47 Å². The molecule has 0 unspecified atom stereocenters. The fourth-order valence-corrected chi connectivity index (χ4v) is 2.08. The molecule has 4 heteroatoms. The molecule has 0 aromatic carbocycles. The van der Waals surface area contributed by atoms with Crippen LogP contribution in [0.1, 0.15) is 39.0 Å². The van der Waals surface area contributed by atoms with Crippen LogP contribution in [-0.4, -0.2) is 43.8 Å². The molecule has 0 aromatic rings. The molecular formula is C12H25NO3. The van der Waals surface area contributed by atoms with Gasteiger partial charge in [0.05, 0.1) is 13.2 Å². The fraction of sp³-hybridized carbons (Fsp3) is 1.00. The zero-order chi connectivity index (χ0) is 11.7. The van der Waals surface area contributed by atoms with E-state index in [4.69, 9.17) is 14.6 Å². The second kappa shape index (κ2) is 8.01. The van der Waals surface area contributed by atoms with Crippen molar-refractivity contribution >= 4 is 0 Å². The topological polar surface area (TPSA) is 50.7 Å². The first-order chi connectivity index (χ1) is 7.83. The lowest BCUT2D eigenvalue weighted by Crippen LogP contribution is -2.30. The molecule has 1 aliphatic rings. The Bertz CT molecular complexity index is 170. The lowest BCUT2D eigenvalue weighted by molar-refractivity contribution is -0.169. The SMILES string of the molecule is CCNCCCCC1(CCCO)OCCO1. The van der Waals surface area contributed by atoms with Gasteiger partial charge in [-0.05, 0) is 32.4 Å². The molecule has 0 bridgehead atoms. The molecule has 0 spiro atoms. The Hall–Kier alpha value is -0.160. The van der Waals surface area contributed by atoms with Crippen LogP contribution in [0.5, 0.6) is 0 Å².